The van der Waals surface area contributed by atoms with Gasteiger partial charge in [0.15, 0.2) is 17.3 Å². The predicted octanol–water partition coefficient (Wildman–Crippen LogP) is 4.29. The van der Waals surface area contributed by atoms with Crippen molar-refractivity contribution < 1.29 is 0 Å². The van der Waals surface area contributed by atoms with E-state index < -0.39 is 0 Å². The van der Waals surface area contributed by atoms with E-state index in [0.29, 0.717) is 11.5 Å². The van der Waals surface area contributed by atoms with Gasteiger partial charge in [-0.3, -0.25) is 10.4 Å². The van der Waals surface area contributed by atoms with Crippen LogP contribution >= 0.6 is 0 Å². The summed E-state index contributed by atoms with van der Waals surface area (Å²) in [5.74, 6) is 7.04. The van der Waals surface area contributed by atoms with E-state index in [9.17, 15) is 0 Å². The van der Waals surface area contributed by atoms with Crippen molar-refractivity contribution in [3.05, 3.63) is 103 Å². The molecule has 10 nitrogen and oxygen atoms in total. The van der Waals surface area contributed by atoms with Crippen molar-refractivity contribution in [3.8, 4) is 22.9 Å². The minimum absolute atomic E-state index is 0.447. The molecule has 4 heterocycles. The summed E-state index contributed by atoms with van der Waals surface area (Å²) in [6.45, 7) is 0. The highest BCUT2D eigenvalue weighted by atomic mass is 15.3. The second-order valence-electron chi connectivity index (χ2n) is 9.21. The zero-order valence-electron chi connectivity index (χ0n) is 21.2. The molecule has 0 bridgehead atoms. The lowest BCUT2D eigenvalue weighted by Crippen LogP contribution is -2.08. The van der Waals surface area contributed by atoms with Crippen LogP contribution in [0.15, 0.2) is 91.4 Å². The summed E-state index contributed by atoms with van der Waals surface area (Å²) in [5, 5.41) is 4.32. The summed E-state index contributed by atoms with van der Waals surface area (Å²) in [5.41, 5.74) is 21.8. The quantitative estimate of drug-likeness (QED) is 0.154. The number of imidazole rings is 1. The zero-order valence-corrected chi connectivity index (χ0v) is 21.2. The fraction of sp³-hybridized carbons (Fsp3) is 0.103. The number of fused-ring (bicyclic) bond motifs is 2. The minimum Gasteiger partial charge on any atom is -0.397 e. The van der Waals surface area contributed by atoms with Gasteiger partial charge in [0.05, 0.1) is 16.9 Å². The van der Waals surface area contributed by atoms with Gasteiger partial charge in [0, 0.05) is 24.3 Å². The minimum atomic E-state index is 0.447. The van der Waals surface area contributed by atoms with E-state index in [2.05, 4.69) is 38.3 Å². The van der Waals surface area contributed by atoms with E-state index in [0.717, 1.165) is 52.6 Å². The molecule has 0 atom stereocenters. The molecule has 0 unspecified atom stereocenters. The van der Waals surface area contributed by atoms with Crippen LogP contribution in [0.4, 0.5) is 17.2 Å². The number of hydrogen-bond acceptors (Lipinski definition) is 8. The SMILES string of the molecule is NNc1ccccc1N.Nc1ncccc1-c1nc2ccc(-n3cccn3)nc2n1-c1ccc2c(c1)CCC2. The standard InChI is InChI=1S/C23H19N7.C6H9N3/c24-21-18(6-2-11-25-21)22-27-19-9-10-20(29-13-3-12-26-29)28-23(19)30(22)17-8-7-15-4-1-5-16(15)14-17;7-5-3-1-2-4-6(5)9-8/h2-3,6-14H,1,4-5H2,(H2,24,25);1-4,9H,7-8H2. The Morgan fingerprint density at radius 3 is 2.46 bits per heavy atom. The number of aromatic nitrogens is 6. The molecule has 0 saturated heterocycles. The smallest absolute Gasteiger partial charge is 0.167 e. The maximum absolute atomic E-state index is 6.22. The molecule has 0 radical (unpaired) electrons. The molecule has 6 aromatic rings. The molecule has 194 valence electrons. The Kier molecular flexibility index (Phi) is 6.36. The topological polar surface area (TPSA) is 152 Å². The van der Waals surface area contributed by atoms with Gasteiger partial charge in [0.2, 0.25) is 0 Å². The highest BCUT2D eigenvalue weighted by Crippen LogP contribution is 2.32. The Morgan fingerprint density at radius 2 is 1.69 bits per heavy atom. The van der Waals surface area contributed by atoms with Crippen LogP contribution in [0.2, 0.25) is 0 Å². The first-order valence-corrected chi connectivity index (χ1v) is 12.7. The molecular weight excluding hydrogens is 488 g/mol. The van der Waals surface area contributed by atoms with Crippen molar-refractivity contribution in [3.63, 3.8) is 0 Å². The van der Waals surface area contributed by atoms with Gasteiger partial charge in [-0.05, 0) is 85.0 Å². The summed E-state index contributed by atoms with van der Waals surface area (Å²) in [4.78, 5) is 14.1. The van der Waals surface area contributed by atoms with Crippen molar-refractivity contribution in [2.45, 2.75) is 19.3 Å². The lowest BCUT2D eigenvalue weighted by Gasteiger charge is -2.12. The Bertz CT molecular complexity index is 1750. The summed E-state index contributed by atoms with van der Waals surface area (Å²) in [7, 11) is 0. The first kappa shape index (κ1) is 24.1. The Labute approximate surface area is 225 Å². The summed E-state index contributed by atoms with van der Waals surface area (Å²) >= 11 is 0. The monoisotopic (exact) mass is 516 g/mol. The highest BCUT2D eigenvalue weighted by molar-refractivity contribution is 5.83. The Balaban J connectivity index is 0.000000263. The predicted molar refractivity (Wildman–Crippen MR) is 154 cm³/mol. The van der Waals surface area contributed by atoms with Crippen LogP contribution < -0.4 is 22.7 Å². The van der Waals surface area contributed by atoms with Crippen molar-refractivity contribution in [1.29, 1.82) is 0 Å². The summed E-state index contributed by atoms with van der Waals surface area (Å²) in [6.07, 6.45) is 8.76. The molecule has 39 heavy (non-hydrogen) atoms. The third-order valence-electron chi connectivity index (χ3n) is 6.76. The number of nitrogens with zero attached hydrogens (tertiary/aromatic N) is 6. The number of anilines is 3. The van der Waals surface area contributed by atoms with Crippen molar-refractivity contribution >= 4 is 28.4 Å². The molecule has 0 amide bonds. The van der Waals surface area contributed by atoms with Crippen molar-refractivity contribution in [2.24, 2.45) is 5.84 Å². The molecule has 0 fully saturated rings. The van der Waals surface area contributed by atoms with Crippen molar-refractivity contribution in [2.75, 3.05) is 16.9 Å². The Hall–Kier alpha value is -5.22. The fourth-order valence-corrected chi connectivity index (χ4v) is 4.84. The average Bonchev–Trinajstić information content (AvgIpc) is 3.73. The average molecular weight is 517 g/mol. The van der Waals surface area contributed by atoms with E-state index in [1.54, 1.807) is 23.1 Å². The van der Waals surface area contributed by atoms with Gasteiger partial charge in [-0.15, -0.1) is 0 Å². The summed E-state index contributed by atoms with van der Waals surface area (Å²) in [6, 6.07) is 23.5. The van der Waals surface area contributed by atoms with Gasteiger partial charge in [-0.1, -0.05) is 18.2 Å². The second-order valence-corrected chi connectivity index (χ2v) is 9.21. The number of hydrogen-bond donors (Lipinski definition) is 4. The number of benzene rings is 2. The molecule has 1 aliphatic carbocycles. The maximum Gasteiger partial charge on any atom is 0.167 e. The number of para-hydroxylation sites is 2. The van der Waals surface area contributed by atoms with E-state index in [-0.39, 0.29) is 0 Å². The molecule has 2 aromatic carbocycles. The van der Waals surface area contributed by atoms with E-state index in [4.69, 9.17) is 27.3 Å². The Morgan fingerprint density at radius 1 is 0.821 bits per heavy atom. The molecular formula is C29H28N10. The van der Waals surface area contributed by atoms with Crippen molar-refractivity contribution in [1.82, 2.24) is 29.3 Å². The third kappa shape index (κ3) is 4.64. The van der Waals surface area contributed by atoms with Crippen LogP contribution in [0, 0.1) is 0 Å². The lowest BCUT2D eigenvalue weighted by molar-refractivity contribution is 0.849. The van der Waals surface area contributed by atoms with Gasteiger partial charge < -0.3 is 16.9 Å². The molecule has 0 spiro atoms. The van der Waals surface area contributed by atoms with Gasteiger partial charge in [-0.2, -0.15) is 5.10 Å². The molecule has 10 heteroatoms. The molecule has 7 N–H and O–H groups in total. The third-order valence-corrected chi connectivity index (χ3v) is 6.76. The second kappa shape index (κ2) is 10.3. The van der Waals surface area contributed by atoms with Crippen LogP contribution in [0.5, 0.6) is 0 Å². The number of nitrogens with two attached hydrogens (primary N) is 3. The van der Waals surface area contributed by atoms with Gasteiger partial charge in [0.1, 0.15) is 11.3 Å². The molecule has 4 aromatic heterocycles. The largest absolute Gasteiger partial charge is 0.397 e. The van der Waals surface area contributed by atoms with Crippen LogP contribution in [0.3, 0.4) is 0 Å². The number of hydrazine groups is 1. The number of nitrogen functional groups attached to an aromatic ring is 3. The number of nitrogens with one attached hydrogen (secondary N) is 1. The molecule has 1 aliphatic rings. The first-order valence-electron chi connectivity index (χ1n) is 12.7. The zero-order chi connectivity index (χ0) is 26.8. The van der Waals surface area contributed by atoms with Gasteiger partial charge >= 0.3 is 0 Å². The van der Waals surface area contributed by atoms with E-state index in [1.807, 2.05) is 54.7 Å². The van der Waals surface area contributed by atoms with E-state index in [1.165, 1.54) is 17.5 Å². The van der Waals surface area contributed by atoms with Crippen LogP contribution in [-0.2, 0) is 12.8 Å². The number of aryl methyl sites for hydroxylation is 2. The van der Waals surface area contributed by atoms with E-state index >= 15 is 0 Å². The van der Waals surface area contributed by atoms with Crippen LogP contribution in [0.25, 0.3) is 34.1 Å². The fourth-order valence-electron chi connectivity index (χ4n) is 4.84. The maximum atomic E-state index is 6.22. The van der Waals surface area contributed by atoms with Gasteiger partial charge in [0.25, 0.3) is 0 Å². The molecule has 0 saturated carbocycles. The van der Waals surface area contributed by atoms with Crippen LogP contribution in [0.1, 0.15) is 17.5 Å². The van der Waals surface area contributed by atoms with Gasteiger partial charge in [-0.25, -0.2) is 19.6 Å². The highest BCUT2D eigenvalue weighted by Gasteiger charge is 2.20. The number of rotatable bonds is 4. The molecule has 7 rings (SSSR count). The lowest BCUT2D eigenvalue weighted by atomic mass is 10.1. The normalized spacial score (nSPS) is 12.1. The number of pyridine rings is 2. The first-order chi connectivity index (χ1) is 19.1. The van der Waals surface area contributed by atoms with Crippen LogP contribution in [-0.4, -0.2) is 29.3 Å². The molecule has 0 aliphatic heterocycles. The summed E-state index contributed by atoms with van der Waals surface area (Å²) < 4.78 is 3.83.